The van der Waals surface area contributed by atoms with E-state index in [4.69, 9.17) is 5.26 Å². The molecule has 1 amide bonds. The zero-order chi connectivity index (χ0) is 18.2. The van der Waals surface area contributed by atoms with Crippen molar-refractivity contribution in [2.45, 2.75) is 0 Å². The van der Waals surface area contributed by atoms with Crippen LogP contribution in [0.5, 0.6) is 5.75 Å². The Labute approximate surface area is 142 Å². The number of hydrogen-bond acceptors (Lipinski definition) is 6. The highest BCUT2D eigenvalue weighted by atomic mass is 16.6. The highest BCUT2D eigenvalue weighted by molar-refractivity contribution is 6.02. The van der Waals surface area contributed by atoms with Crippen molar-refractivity contribution in [1.82, 2.24) is 5.43 Å². The van der Waals surface area contributed by atoms with Gasteiger partial charge in [-0.2, -0.15) is 10.4 Å². The van der Waals surface area contributed by atoms with Crippen LogP contribution in [0.1, 0.15) is 11.1 Å². The van der Waals surface area contributed by atoms with Gasteiger partial charge in [0.05, 0.1) is 11.1 Å². The minimum absolute atomic E-state index is 0.00635. The van der Waals surface area contributed by atoms with E-state index in [1.54, 1.807) is 24.3 Å². The normalized spacial score (nSPS) is 11.1. The number of carbonyl (C=O) groups excluding carboxylic acids is 1. The van der Waals surface area contributed by atoms with Gasteiger partial charge in [0.15, 0.2) is 0 Å². The third kappa shape index (κ3) is 4.74. The Morgan fingerprint density at radius 2 is 2.04 bits per heavy atom. The minimum Gasteiger partial charge on any atom is -0.507 e. The highest BCUT2D eigenvalue weighted by Crippen LogP contribution is 2.16. The first-order chi connectivity index (χ1) is 12.0. The van der Waals surface area contributed by atoms with E-state index in [0.717, 1.165) is 0 Å². The number of nitrogens with one attached hydrogen (secondary N) is 1. The van der Waals surface area contributed by atoms with E-state index in [1.807, 2.05) is 0 Å². The summed E-state index contributed by atoms with van der Waals surface area (Å²) in [6, 6.07) is 13.6. The van der Waals surface area contributed by atoms with Gasteiger partial charge in [-0.25, -0.2) is 5.43 Å². The summed E-state index contributed by atoms with van der Waals surface area (Å²) in [7, 11) is 0. The molecule has 2 rings (SSSR count). The Morgan fingerprint density at radius 1 is 1.28 bits per heavy atom. The summed E-state index contributed by atoms with van der Waals surface area (Å²) in [6.45, 7) is 0. The first-order valence-corrected chi connectivity index (χ1v) is 6.99. The van der Waals surface area contributed by atoms with Gasteiger partial charge in [0.25, 0.3) is 11.6 Å². The maximum atomic E-state index is 12.0. The van der Waals surface area contributed by atoms with E-state index in [9.17, 15) is 20.0 Å². The number of nitrogens with zero attached hydrogens (tertiary/aromatic N) is 3. The summed E-state index contributed by atoms with van der Waals surface area (Å²) in [4.78, 5) is 22.1. The number of phenols is 1. The fraction of sp³-hybridized carbons (Fsp3) is 0. The number of phenolic OH excluding ortho intramolecular Hbond substituents is 1. The second-order valence-electron chi connectivity index (χ2n) is 4.78. The number of amides is 1. The van der Waals surface area contributed by atoms with Gasteiger partial charge >= 0.3 is 0 Å². The summed E-state index contributed by atoms with van der Waals surface area (Å²) >= 11 is 0. The fourth-order valence-corrected chi connectivity index (χ4v) is 1.86. The highest BCUT2D eigenvalue weighted by Gasteiger charge is 2.10. The molecule has 0 heterocycles. The van der Waals surface area contributed by atoms with Crippen LogP contribution in [0.25, 0.3) is 6.08 Å². The molecule has 0 atom stereocenters. The second kappa shape index (κ2) is 8.03. The number of rotatable bonds is 5. The topological polar surface area (TPSA) is 129 Å². The van der Waals surface area contributed by atoms with E-state index in [0.29, 0.717) is 11.1 Å². The fourth-order valence-electron chi connectivity index (χ4n) is 1.86. The van der Waals surface area contributed by atoms with Gasteiger partial charge in [-0.3, -0.25) is 14.9 Å². The second-order valence-corrected chi connectivity index (χ2v) is 4.78. The van der Waals surface area contributed by atoms with Gasteiger partial charge in [-0.15, -0.1) is 0 Å². The molecule has 0 aromatic heterocycles. The van der Waals surface area contributed by atoms with Crippen molar-refractivity contribution >= 4 is 23.9 Å². The SMILES string of the molecule is N#C/C(=C\c1cccc([N+](=O)[O-])c1)C(=O)N/N=C/c1ccccc1O. The molecule has 0 bridgehead atoms. The van der Waals surface area contributed by atoms with Crippen LogP contribution in [0.4, 0.5) is 5.69 Å². The van der Waals surface area contributed by atoms with E-state index < -0.39 is 10.8 Å². The summed E-state index contributed by atoms with van der Waals surface area (Å²) in [6.07, 6.45) is 2.45. The molecule has 0 aliphatic rings. The molecule has 0 aliphatic heterocycles. The monoisotopic (exact) mass is 336 g/mol. The van der Waals surface area contributed by atoms with Crippen molar-refractivity contribution in [3.8, 4) is 11.8 Å². The molecule has 0 radical (unpaired) electrons. The molecular weight excluding hydrogens is 324 g/mol. The lowest BCUT2D eigenvalue weighted by Gasteiger charge is -2.00. The number of hydrazone groups is 1. The third-order valence-corrected chi connectivity index (χ3v) is 3.06. The van der Waals surface area contributed by atoms with Crippen LogP contribution < -0.4 is 5.43 Å². The van der Waals surface area contributed by atoms with Gasteiger partial charge < -0.3 is 5.11 Å². The predicted octanol–water partition coefficient (Wildman–Crippen LogP) is 2.36. The van der Waals surface area contributed by atoms with Crippen molar-refractivity contribution in [3.05, 3.63) is 75.3 Å². The van der Waals surface area contributed by atoms with Gasteiger partial charge in [0.1, 0.15) is 17.4 Å². The van der Waals surface area contributed by atoms with E-state index in [-0.39, 0.29) is 17.0 Å². The molecule has 8 heteroatoms. The van der Waals surface area contributed by atoms with Gasteiger partial charge in [0.2, 0.25) is 0 Å². The Morgan fingerprint density at radius 3 is 2.72 bits per heavy atom. The molecule has 2 aromatic rings. The Kier molecular flexibility index (Phi) is 5.58. The molecule has 0 fully saturated rings. The lowest BCUT2D eigenvalue weighted by molar-refractivity contribution is -0.384. The number of benzene rings is 2. The molecule has 8 nitrogen and oxygen atoms in total. The first kappa shape index (κ1) is 17.4. The van der Waals surface area contributed by atoms with E-state index in [1.165, 1.54) is 42.6 Å². The number of nitro benzene ring substituents is 1. The third-order valence-electron chi connectivity index (χ3n) is 3.06. The van der Waals surface area contributed by atoms with E-state index >= 15 is 0 Å². The van der Waals surface area contributed by atoms with Crippen molar-refractivity contribution < 1.29 is 14.8 Å². The number of nitriles is 1. The van der Waals surface area contributed by atoms with Gasteiger partial charge in [-0.1, -0.05) is 24.3 Å². The molecule has 124 valence electrons. The summed E-state index contributed by atoms with van der Waals surface area (Å²) in [5, 5.41) is 33.1. The smallest absolute Gasteiger partial charge is 0.282 e. The Bertz CT molecular complexity index is 913. The molecule has 2 aromatic carbocycles. The zero-order valence-corrected chi connectivity index (χ0v) is 12.8. The number of nitro groups is 1. The molecule has 0 saturated carbocycles. The average Bonchev–Trinajstić information content (AvgIpc) is 2.61. The van der Waals surface area contributed by atoms with Crippen molar-refractivity contribution in [1.29, 1.82) is 5.26 Å². The summed E-state index contributed by atoms with van der Waals surface area (Å²) in [5.41, 5.74) is 2.48. The van der Waals surface area contributed by atoms with Crippen LogP contribution >= 0.6 is 0 Å². The van der Waals surface area contributed by atoms with Gasteiger partial charge in [-0.05, 0) is 23.8 Å². The van der Waals surface area contributed by atoms with Crippen molar-refractivity contribution in [2.75, 3.05) is 0 Å². The van der Waals surface area contributed by atoms with Gasteiger partial charge in [0, 0.05) is 17.7 Å². The quantitative estimate of drug-likeness (QED) is 0.285. The molecular formula is C17H12N4O4. The number of aromatic hydroxyl groups is 1. The Balaban J connectivity index is 2.13. The summed E-state index contributed by atoms with van der Waals surface area (Å²) in [5.74, 6) is -0.784. The van der Waals surface area contributed by atoms with Crippen LogP contribution in [0.15, 0.2) is 59.2 Å². The maximum Gasteiger partial charge on any atom is 0.282 e. The number of hydrogen-bond donors (Lipinski definition) is 2. The van der Waals surface area contributed by atoms with Crippen LogP contribution in [0, 0.1) is 21.4 Å². The lowest BCUT2D eigenvalue weighted by atomic mass is 10.1. The van der Waals surface area contributed by atoms with E-state index in [2.05, 4.69) is 10.5 Å². The maximum absolute atomic E-state index is 12.0. The molecule has 0 aliphatic carbocycles. The first-order valence-electron chi connectivity index (χ1n) is 6.99. The number of carbonyl (C=O) groups is 1. The summed E-state index contributed by atoms with van der Waals surface area (Å²) < 4.78 is 0. The molecule has 0 unspecified atom stereocenters. The Hall–Kier alpha value is -3.99. The zero-order valence-electron chi connectivity index (χ0n) is 12.8. The van der Waals surface area contributed by atoms with Crippen LogP contribution in [0.2, 0.25) is 0 Å². The number of non-ortho nitro benzene ring substituents is 1. The molecule has 25 heavy (non-hydrogen) atoms. The van der Waals surface area contributed by atoms with Crippen molar-refractivity contribution in [3.63, 3.8) is 0 Å². The van der Waals surface area contributed by atoms with Crippen LogP contribution in [0.3, 0.4) is 0 Å². The number of para-hydroxylation sites is 1. The van der Waals surface area contributed by atoms with Crippen LogP contribution in [-0.2, 0) is 4.79 Å². The molecule has 2 N–H and O–H groups in total. The predicted molar refractivity (Wildman–Crippen MR) is 90.5 cm³/mol. The molecule has 0 spiro atoms. The lowest BCUT2D eigenvalue weighted by Crippen LogP contribution is -2.19. The minimum atomic E-state index is -0.777. The standard InChI is InChI=1S/C17H12N4O4/c18-10-14(8-12-4-3-6-15(9-12)21(24)25)17(23)20-19-11-13-5-1-2-7-16(13)22/h1-9,11,22H,(H,20,23)/b14-8+,19-11+. The largest absolute Gasteiger partial charge is 0.507 e. The average molecular weight is 336 g/mol. The van der Waals surface area contributed by atoms with Crippen molar-refractivity contribution in [2.24, 2.45) is 5.10 Å². The molecule has 0 saturated heterocycles. The van der Waals surface area contributed by atoms with Crippen LogP contribution in [-0.4, -0.2) is 22.2 Å².